The maximum absolute atomic E-state index is 13.5. The van der Waals surface area contributed by atoms with E-state index in [-0.39, 0.29) is 22.6 Å². The number of halogens is 2. The summed E-state index contributed by atoms with van der Waals surface area (Å²) < 4.78 is 0. The molecule has 4 aromatic rings. The van der Waals surface area contributed by atoms with Gasteiger partial charge in [0, 0.05) is 47.3 Å². The van der Waals surface area contributed by atoms with E-state index < -0.39 is 5.97 Å². The van der Waals surface area contributed by atoms with E-state index in [1.165, 1.54) is 12.3 Å². The standard InChI is InChI=1S/C27H21Cl2N3O3/c1-31(20-11-9-18(28)10-12-20)24-7-4-14-30-25(24)26(33)17-8-13-23(22(15-17)27(34)35)32(2)21-6-3-5-19(29)16-21/h3-16H,1-2H3,(H,34,35). The largest absolute Gasteiger partial charge is 0.478 e. The summed E-state index contributed by atoms with van der Waals surface area (Å²) in [4.78, 5) is 33.5. The Kier molecular flexibility index (Phi) is 7.05. The van der Waals surface area contributed by atoms with Crippen molar-refractivity contribution in [1.29, 1.82) is 0 Å². The summed E-state index contributed by atoms with van der Waals surface area (Å²) in [6.07, 6.45) is 1.53. The zero-order chi connectivity index (χ0) is 25.1. The smallest absolute Gasteiger partial charge is 0.337 e. The van der Waals surface area contributed by atoms with E-state index in [4.69, 9.17) is 23.2 Å². The molecule has 0 atom stereocenters. The van der Waals surface area contributed by atoms with Crippen molar-refractivity contribution < 1.29 is 14.7 Å². The topological polar surface area (TPSA) is 73.7 Å². The Labute approximate surface area is 213 Å². The van der Waals surface area contributed by atoms with E-state index in [2.05, 4.69) is 4.98 Å². The Morgan fingerprint density at radius 1 is 0.771 bits per heavy atom. The number of hydrogen-bond donors (Lipinski definition) is 1. The molecule has 0 spiro atoms. The van der Waals surface area contributed by atoms with Gasteiger partial charge in [0.25, 0.3) is 0 Å². The van der Waals surface area contributed by atoms with Crippen LogP contribution in [0, 0.1) is 0 Å². The first-order valence-electron chi connectivity index (χ1n) is 10.6. The van der Waals surface area contributed by atoms with E-state index in [1.807, 2.05) is 30.1 Å². The lowest BCUT2D eigenvalue weighted by Gasteiger charge is -2.23. The lowest BCUT2D eigenvalue weighted by atomic mass is 10.0. The second-order valence-electron chi connectivity index (χ2n) is 7.81. The van der Waals surface area contributed by atoms with Gasteiger partial charge >= 0.3 is 5.97 Å². The highest BCUT2D eigenvalue weighted by molar-refractivity contribution is 6.31. The van der Waals surface area contributed by atoms with Gasteiger partial charge in [-0.15, -0.1) is 0 Å². The molecule has 0 saturated carbocycles. The fourth-order valence-corrected chi connectivity index (χ4v) is 4.06. The lowest BCUT2D eigenvalue weighted by molar-refractivity contribution is 0.0697. The first kappa shape index (κ1) is 24.3. The van der Waals surface area contributed by atoms with Gasteiger partial charge in [-0.05, 0) is 72.8 Å². The Morgan fingerprint density at radius 3 is 2.17 bits per heavy atom. The molecule has 1 N–H and O–H groups in total. The van der Waals surface area contributed by atoms with Gasteiger partial charge in [0.1, 0.15) is 5.69 Å². The van der Waals surface area contributed by atoms with Crippen molar-refractivity contribution in [2.75, 3.05) is 23.9 Å². The van der Waals surface area contributed by atoms with Crippen LogP contribution in [-0.4, -0.2) is 35.9 Å². The molecule has 0 bridgehead atoms. The minimum atomic E-state index is -1.15. The molecule has 0 amide bonds. The quantitative estimate of drug-likeness (QED) is 0.276. The van der Waals surface area contributed by atoms with Crippen molar-refractivity contribution in [2.24, 2.45) is 0 Å². The van der Waals surface area contributed by atoms with E-state index in [1.54, 1.807) is 66.5 Å². The molecule has 0 aliphatic heterocycles. The summed E-state index contributed by atoms with van der Waals surface area (Å²) in [7, 11) is 3.57. The molecule has 8 heteroatoms. The molecule has 0 aliphatic carbocycles. The molecule has 4 rings (SSSR count). The summed E-state index contributed by atoms with van der Waals surface area (Å²) in [5.41, 5.74) is 2.96. The van der Waals surface area contributed by atoms with Crippen LogP contribution in [0.1, 0.15) is 26.4 Å². The van der Waals surface area contributed by atoms with Gasteiger partial charge in [0.2, 0.25) is 5.78 Å². The Balaban J connectivity index is 1.72. The fraction of sp³-hybridized carbons (Fsp3) is 0.0741. The molecule has 0 saturated heterocycles. The highest BCUT2D eigenvalue weighted by atomic mass is 35.5. The predicted molar refractivity (Wildman–Crippen MR) is 140 cm³/mol. The second-order valence-corrected chi connectivity index (χ2v) is 8.68. The molecule has 176 valence electrons. The van der Waals surface area contributed by atoms with Crippen molar-refractivity contribution in [3.05, 3.63) is 112 Å². The summed E-state index contributed by atoms with van der Waals surface area (Å²) in [5.74, 6) is -1.54. The van der Waals surface area contributed by atoms with Crippen LogP contribution in [-0.2, 0) is 0 Å². The third-order valence-electron chi connectivity index (χ3n) is 5.62. The molecule has 3 aromatic carbocycles. The highest BCUT2D eigenvalue weighted by Gasteiger charge is 2.22. The van der Waals surface area contributed by atoms with Crippen LogP contribution in [0.4, 0.5) is 22.7 Å². The van der Waals surface area contributed by atoms with Gasteiger partial charge in [0.05, 0.1) is 16.9 Å². The van der Waals surface area contributed by atoms with Crippen molar-refractivity contribution in [1.82, 2.24) is 4.98 Å². The van der Waals surface area contributed by atoms with Gasteiger partial charge in [-0.1, -0.05) is 29.3 Å². The van der Waals surface area contributed by atoms with Crippen LogP contribution in [0.2, 0.25) is 10.0 Å². The molecule has 35 heavy (non-hydrogen) atoms. The highest BCUT2D eigenvalue weighted by Crippen LogP contribution is 2.32. The normalized spacial score (nSPS) is 10.6. The number of carboxylic acid groups (broad SMARTS) is 1. The molecular weight excluding hydrogens is 485 g/mol. The molecular formula is C27H21Cl2N3O3. The minimum absolute atomic E-state index is 0.0122. The lowest BCUT2D eigenvalue weighted by Crippen LogP contribution is -2.17. The second kappa shape index (κ2) is 10.2. The molecule has 0 fully saturated rings. The number of aromatic nitrogens is 1. The van der Waals surface area contributed by atoms with E-state index in [0.717, 1.165) is 11.4 Å². The number of carbonyl (C=O) groups excluding carboxylic acids is 1. The minimum Gasteiger partial charge on any atom is -0.478 e. The molecule has 0 radical (unpaired) electrons. The van der Waals surface area contributed by atoms with Crippen molar-refractivity contribution in [3.8, 4) is 0 Å². The zero-order valence-corrected chi connectivity index (χ0v) is 20.5. The van der Waals surface area contributed by atoms with Crippen LogP contribution in [0.15, 0.2) is 85.1 Å². The van der Waals surface area contributed by atoms with Crippen LogP contribution in [0.5, 0.6) is 0 Å². The fourth-order valence-electron chi connectivity index (χ4n) is 3.75. The summed E-state index contributed by atoms with van der Waals surface area (Å²) in [5, 5.41) is 11.0. The molecule has 6 nitrogen and oxygen atoms in total. The number of nitrogens with zero attached hydrogens (tertiary/aromatic N) is 3. The average molecular weight is 506 g/mol. The first-order chi connectivity index (χ1) is 16.8. The van der Waals surface area contributed by atoms with Crippen LogP contribution in [0.3, 0.4) is 0 Å². The Morgan fingerprint density at radius 2 is 1.49 bits per heavy atom. The first-order valence-corrected chi connectivity index (χ1v) is 11.4. The maximum atomic E-state index is 13.5. The van der Waals surface area contributed by atoms with Gasteiger partial charge in [-0.2, -0.15) is 0 Å². The van der Waals surface area contributed by atoms with Gasteiger partial charge in [0.15, 0.2) is 0 Å². The van der Waals surface area contributed by atoms with Crippen molar-refractivity contribution in [2.45, 2.75) is 0 Å². The maximum Gasteiger partial charge on any atom is 0.337 e. The molecule has 1 heterocycles. The van der Waals surface area contributed by atoms with Crippen molar-refractivity contribution in [3.63, 3.8) is 0 Å². The third-order valence-corrected chi connectivity index (χ3v) is 6.11. The number of carbonyl (C=O) groups is 2. The number of benzene rings is 3. The van der Waals surface area contributed by atoms with E-state index in [9.17, 15) is 14.7 Å². The summed E-state index contributed by atoms with van der Waals surface area (Å²) in [6, 6.07) is 22.4. The van der Waals surface area contributed by atoms with E-state index >= 15 is 0 Å². The van der Waals surface area contributed by atoms with Crippen LogP contribution in [0.25, 0.3) is 0 Å². The zero-order valence-electron chi connectivity index (χ0n) is 18.9. The Bertz CT molecular complexity index is 1410. The number of carboxylic acids is 1. The number of rotatable bonds is 7. The number of aromatic carboxylic acids is 1. The number of anilines is 4. The van der Waals surface area contributed by atoms with Gasteiger partial charge in [-0.3, -0.25) is 9.78 Å². The number of pyridine rings is 1. The van der Waals surface area contributed by atoms with Crippen molar-refractivity contribution >= 4 is 57.7 Å². The predicted octanol–water partition coefficient (Wildman–Crippen LogP) is 6.85. The molecule has 0 aliphatic rings. The third kappa shape index (κ3) is 5.14. The number of ketones is 1. The monoisotopic (exact) mass is 505 g/mol. The van der Waals surface area contributed by atoms with E-state index in [0.29, 0.717) is 21.4 Å². The van der Waals surface area contributed by atoms with Gasteiger partial charge < -0.3 is 14.9 Å². The van der Waals surface area contributed by atoms with Gasteiger partial charge in [-0.25, -0.2) is 4.79 Å². The van der Waals surface area contributed by atoms with Crippen LogP contribution >= 0.6 is 23.2 Å². The number of hydrogen-bond acceptors (Lipinski definition) is 5. The Hall–Kier alpha value is -3.87. The summed E-state index contributed by atoms with van der Waals surface area (Å²) in [6.45, 7) is 0. The van der Waals surface area contributed by atoms with Crippen LogP contribution < -0.4 is 9.80 Å². The molecule has 1 aromatic heterocycles. The summed E-state index contributed by atoms with van der Waals surface area (Å²) >= 11 is 12.1. The average Bonchev–Trinajstić information content (AvgIpc) is 2.87. The SMILES string of the molecule is CN(c1cccc(Cl)c1)c1ccc(C(=O)c2ncccc2N(C)c2ccc(Cl)cc2)cc1C(=O)O. The molecule has 0 unspecified atom stereocenters.